The number of pyridine rings is 1. The highest BCUT2D eigenvalue weighted by Gasteiger charge is 2.33. The van der Waals surface area contributed by atoms with Crippen molar-refractivity contribution in [3.63, 3.8) is 0 Å². The predicted molar refractivity (Wildman–Crippen MR) is 92.9 cm³/mol. The quantitative estimate of drug-likeness (QED) is 0.855. The van der Waals surface area contributed by atoms with E-state index >= 15 is 0 Å². The monoisotopic (exact) mass is 335 g/mol. The average molecular weight is 335 g/mol. The van der Waals surface area contributed by atoms with Gasteiger partial charge in [-0.15, -0.1) is 0 Å². The molecule has 2 aromatic heterocycles. The fraction of sp³-hybridized carbons (Fsp3) is 0.474. The lowest BCUT2D eigenvalue weighted by atomic mass is 9.95. The van der Waals surface area contributed by atoms with E-state index in [9.17, 15) is 4.79 Å². The molecule has 2 aliphatic heterocycles. The Hall–Kier alpha value is -2.50. The minimum Gasteiger partial charge on any atom is -0.368 e. The van der Waals surface area contributed by atoms with Gasteiger partial charge >= 0.3 is 0 Å². The van der Waals surface area contributed by atoms with Crippen LogP contribution in [0.5, 0.6) is 0 Å². The fourth-order valence-corrected chi connectivity index (χ4v) is 4.33. The van der Waals surface area contributed by atoms with Crippen molar-refractivity contribution in [2.45, 2.75) is 38.8 Å². The van der Waals surface area contributed by atoms with Gasteiger partial charge in [-0.3, -0.25) is 9.78 Å². The van der Waals surface area contributed by atoms with Crippen molar-refractivity contribution in [3.8, 4) is 0 Å². The van der Waals surface area contributed by atoms with Crippen molar-refractivity contribution in [3.05, 3.63) is 47.3 Å². The number of fused-ring (bicyclic) bond motifs is 3. The number of hydrogen-bond donors (Lipinski definition) is 0. The third-order valence-electron chi connectivity index (χ3n) is 5.72. The molecule has 1 fully saturated rings. The van der Waals surface area contributed by atoms with E-state index in [1.54, 1.807) is 6.33 Å². The third kappa shape index (κ3) is 2.56. The summed E-state index contributed by atoms with van der Waals surface area (Å²) in [6.45, 7) is 3.26. The van der Waals surface area contributed by atoms with Gasteiger partial charge in [0.25, 0.3) is 0 Å². The molecule has 0 unspecified atom stereocenters. The number of aromatic nitrogens is 3. The first-order valence-corrected chi connectivity index (χ1v) is 9.04. The largest absolute Gasteiger partial charge is 0.368 e. The zero-order valence-electron chi connectivity index (χ0n) is 14.2. The van der Waals surface area contributed by atoms with Crippen molar-refractivity contribution in [1.82, 2.24) is 19.9 Å². The molecule has 0 spiro atoms. The highest BCUT2D eigenvalue weighted by Crippen LogP contribution is 2.33. The number of anilines is 1. The van der Waals surface area contributed by atoms with Crippen LogP contribution in [0.4, 0.5) is 5.69 Å². The van der Waals surface area contributed by atoms with Crippen LogP contribution < -0.4 is 4.90 Å². The summed E-state index contributed by atoms with van der Waals surface area (Å²) >= 11 is 0. The average Bonchev–Trinajstić information content (AvgIpc) is 3.23. The van der Waals surface area contributed by atoms with Crippen LogP contribution in [0.1, 0.15) is 35.2 Å². The summed E-state index contributed by atoms with van der Waals surface area (Å²) in [6, 6.07) is 0. The molecular weight excluding hydrogens is 314 g/mol. The maximum atomic E-state index is 12.7. The van der Waals surface area contributed by atoms with E-state index in [2.05, 4.69) is 19.9 Å². The molecule has 0 bridgehead atoms. The number of carbonyl (C=O) groups is 1. The molecule has 0 atom stereocenters. The molecule has 0 aromatic carbocycles. The predicted octanol–water partition coefficient (Wildman–Crippen LogP) is 1.73. The number of hydrogen-bond acceptors (Lipinski definition) is 5. The Labute approximate surface area is 146 Å². The van der Waals surface area contributed by atoms with E-state index in [4.69, 9.17) is 0 Å². The topological polar surface area (TPSA) is 62.2 Å². The molecule has 2 aromatic rings. The van der Waals surface area contributed by atoms with Gasteiger partial charge in [0.1, 0.15) is 6.33 Å². The number of nitrogens with zero attached hydrogens (tertiary/aromatic N) is 5. The second-order valence-electron chi connectivity index (χ2n) is 7.36. The molecule has 6 heteroatoms. The number of aryl methyl sites for hydroxylation is 1. The maximum Gasteiger partial charge on any atom is 0.223 e. The van der Waals surface area contributed by atoms with Crippen LogP contribution in [0.2, 0.25) is 0 Å². The van der Waals surface area contributed by atoms with Gasteiger partial charge in [0.2, 0.25) is 5.91 Å². The van der Waals surface area contributed by atoms with Crippen LogP contribution in [0.15, 0.2) is 24.9 Å². The van der Waals surface area contributed by atoms with E-state index in [-0.39, 0.29) is 5.91 Å². The molecule has 1 aliphatic carbocycles. The lowest BCUT2D eigenvalue weighted by Gasteiger charge is -2.40. The van der Waals surface area contributed by atoms with Gasteiger partial charge in [-0.1, -0.05) is 0 Å². The summed E-state index contributed by atoms with van der Waals surface area (Å²) in [5, 5.41) is 0. The van der Waals surface area contributed by atoms with E-state index in [1.807, 2.05) is 23.5 Å². The Balaban J connectivity index is 1.20. The first-order chi connectivity index (χ1) is 12.3. The Morgan fingerprint density at radius 2 is 1.92 bits per heavy atom. The summed E-state index contributed by atoms with van der Waals surface area (Å²) in [7, 11) is 0. The van der Waals surface area contributed by atoms with Crippen LogP contribution in [0, 0.1) is 5.92 Å². The van der Waals surface area contributed by atoms with Gasteiger partial charge in [-0.05, 0) is 36.0 Å². The van der Waals surface area contributed by atoms with Gasteiger partial charge in [-0.2, -0.15) is 0 Å². The molecule has 0 radical (unpaired) electrons. The standard InChI is InChI=1S/C19H21N5O/c25-19(4-13-8-23(9-13)15-6-20-12-21-7-15)24-10-17-16-3-1-2-14(16)5-22-18(17)11-24/h5-7,12-13H,1-4,8-11H2. The highest BCUT2D eigenvalue weighted by atomic mass is 16.2. The molecule has 4 heterocycles. The zero-order valence-corrected chi connectivity index (χ0v) is 14.2. The molecule has 25 heavy (non-hydrogen) atoms. The van der Waals surface area contributed by atoms with E-state index in [0.29, 0.717) is 18.9 Å². The number of amides is 1. The number of rotatable bonds is 3. The molecule has 0 saturated carbocycles. The van der Waals surface area contributed by atoms with Crippen molar-refractivity contribution in [2.24, 2.45) is 5.92 Å². The zero-order chi connectivity index (χ0) is 16.8. The first-order valence-electron chi connectivity index (χ1n) is 9.04. The minimum absolute atomic E-state index is 0.263. The molecular formula is C19H21N5O. The van der Waals surface area contributed by atoms with E-state index in [0.717, 1.165) is 43.9 Å². The van der Waals surface area contributed by atoms with Crippen LogP contribution in [-0.4, -0.2) is 38.8 Å². The molecule has 3 aliphatic rings. The molecule has 6 nitrogen and oxygen atoms in total. The fourth-order valence-electron chi connectivity index (χ4n) is 4.33. The van der Waals surface area contributed by atoms with Crippen LogP contribution in [-0.2, 0) is 30.7 Å². The van der Waals surface area contributed by atoms with Crippen LogP contribution in [0.25, 0.3) is 0 Å². The van der Waals surface area contributed by atoms with Crippen molar-refractivity contribution in [1.29, 1.82) is 0 Å². The Bertz CT molecular complexity index is 816. The van der Waals surface area contributed by atoms with Gasteiger partial charge in [-0.25, -0.2) is 9.97 Å². The molecule has 1 amide bonds. The second-order valence-corrected chi connectivity index (χ2v) is 7.36. The van der Waals surface area contributed by atoms with Gasteiger partial charge in [0.15, 0.2) is 0 Å². The first kappa shape index (κ1) is 14.8. The minimum atomic E-state index is 0.263. The lowest BCUT2D eigenvalue weighted by molar-refractivity contribution is -0.133. The van der Waals surface area contributed by atoms with Crippen LogP contribution >= 0.6 is 0 Å². The van der Waals surface area contributed by atoms with E-state index in [1.165, 1.54) is 23.1 Å². The van der Waals surface area contributed by atoms with Crippen molar-refractivity contribution < 1.29 is 4.79 Å². The van der Waals surface area contributed by atoms with Gasteiger partial charge in [0.05, 0.1) is 30.3 Å². The lowest BCUT2D eigenvalue weighted by Crippen LogP contribution is -2.48. The summed E-state index contributed by atoms with van der Waals surface area (Å²) in [5.41, 5.74) is 6.36. The molecule has 1 saturated heterocycles. The van der Waals surface area contributed by atoms with Crippen molar-refractivity contribution in [2.75, 3.05) is 18.0 Å². The summed E-state index contributed by atoms with van der Waals surface area (Å²) in [5.74, 6) is 0.689. The van der Waals surface area contributed by atoms with E-state index < -0.39 is 0 Å². The van der Waals surface area contributed by atoms with Gasteiger partial charge in [0, 0.05) is 38.2 Å². The molecule has 5 rings (SSSR count). The smallest absolute Gasteiger partial charge is 0.223 e. The Morgan fingerprint density at radius 3 is 2.76 bits per heavy atom. The third-order valence-corrected chi connectivity index (χ3v) is 5.72. The second kappa shape index (κ2) is 5.79. The summed E-state index contributed by atoms with van der Waals surface area (Å²) in [6.07, 6.45) is 11.4. The van der Waals surface area contributed by atoms with Crippen LogP contribution in [0.3, 0.4) is 0 Å². The SMILES string of the molecule is O=C(CC1CN(c2cncnc2)C1)N1Cc2ncc3c(c2C1)CCC3. The summed E-state index contributed by atoms with van der Waals surface area (Å²) in [4.78, 5) is 29.7. The highest BCUT2D eigenvalue weighted by molar-refractivity contribution is 5.77. The van der Waals surface area contributed by atoms with Crippen molar-refractivity contribution >= 4 is 11.6 Å². The Kier molecular flexibility index (Phi) is 3.43. The summed E-state index contributed by atoms with van der Waals surface area (Å²) < 4.78 is 0. The molecule has 0 N–H and O–H groups in total. The number of carbonyl (C=O) groups excluding carboxylic acids is 1. The normalized spacial score (nSPS) is 18.9. The van der Waals surface area contributed by atoms with Gasteiger partial charge < -0.3 is 9.80 Å². The molecule has 128 valence electrons. The Morgan fingerprint density at radius 1 is 1.08 bits per heavy atom. The maximum absolute atomic E-state index is 12.7.